The second-order valence-electron chi connectivity index (χ2n) is 5.75. The summed E-state index contributed by atoms with van der Waals surface area (Å²) < 4.78 is 2.08. The Morgan fingerprint density at radius 1 is 1.41 bits per heavy atom. The molecule has 0 amide bonds. The molecule has 0 atom stereocenters. The van der Waals surface area contributed by atoms with Gasteiger partial charge in [-0.15, -0.1) is 6.58 Å². The van der Waals surface area contributed by atoms with Crippen LogP contribution in [-0.4, -0.2) is 9.55 Å². The number of hydrogen-bond acceptors (Lipinski definition) is 2. The normalized spacial score (nSPS) is 11.8. The second kappa shape index (κ2) is 5.39. The third-order valence-electron chi connectivity index (χ3n) is 2.65. The van der Waals surface area contributed by atoms with Crippen molar-refractivity contribution in [1.29, 1.82) is 0 Å². The van der Waals surface area contributed by atoms with Crippen LogP contribution in [0.25, 0.3) is 0 Å². The number of nitrogens with two attached hydrogens (primary N) is 1. The van der Waals surface area contributed by atoms with E-state index in [-0.39, 0.29) is 5.41 Å². The predicted molar refractivity (Wildman–Crippen MR) is 74.0 cm³/mol. The van der Waals surface area contributed by atoms with Crippen LogP contribution >= 0.6 is 0 Å². The van der Waals surface area contributed by atoms with E-state index < -0.39 is 0 Å². The lowest BCUT2D eigenvalue weighted by molar-refractivity contribution is 0.407. The second-order valence-corrected chi connectivity index (χ2v) is 5.75. The summed E-state index contributed by atoms with van der Waals surface area (Å²) in [6.45, 7) is 13.3. The largest absolute Gasteiger partial charge is 0.384 e. The molecule has 0 fully saturated rings. The zero-order chi connectivity index (χ0) is 13.1. The number of hydrogen-bond donors (Lipinski definition) is 1. The third-order valence-corrected chi connectivity index (χ3v) is 2.65. The maximum atomic E-state index is 6.18. The summed E-state index contributed by atoms with van der Waals surface area (Å²) >= 11 is 0. The molecular weight excluding hydrogens is 210 g/mol. The van der Waals surface area contributed by atoms with Crippen LogP contribution in [0, 0.1) is 5.41 Å². The molecule has 1 heterocycles. The molecule has 0 aliphatic carbocycles. The van der Waals surface area contributed by atoms with Crippen molar-refractivity contribution in [2.75, 3.05) is 5.73 Å². The first-order valence-electron chi connectivity index (χ1n) is 6.33. The Bertz CT molecular complexity index is 383. The van der Waals surface area contributed by atoms with E-state index in [1.807, 2.05) is 6.08 Å². The summed E-state index contributed by atoms with van der Waals surface area (Å²) in [5.74, 6) is 1.90. The number of aryl methyl sites for hydroxylation is 1. The minimum Gasteiger partial charge on any atom is -0.384 e. The lowest BCUT2D eigenvalue weighted by Gasteiger charge is -2.16. The van der Waals surface area contributed by atoms with Gasteiger partial charge in [-0.25, -0.2) is 4.98 Å². The molecule has 0 bridgehead atoms. The van der Waals surface area contributed by atoms with Crippen LogP contribution in [-0.2, 0) is 19.4 Å². The van der Waals surface area contributed by atoms with E-state index in [9.17, 15) is 0 Å². The number of nitrogens with zero attached hydrogens (tertiary/aromatic N) is 2. The van der Waals surface area contributed by atoms with E-state index in [1.54, 1.807) is 0 Å². The molecule has 0 radical (unpaired) electrons. The average molecular weight is 235 g/mol. The molecule has 1 aromatic heterocycles. The van der Waals surface area contributed by atoms with Crippen LogP contribution in [0.3, 0.4) is 0 Å². The topological polar surface area (TPSA) is 43.8 Å². The number of allylic oxidation sites excluding steroid dienone is 1. The summed E-state index contributed by atoms with van der Waals surface area (Å²) in [7, 11) is 0. The van der Waals surface area contributed by atoms with Crippen molar-refractivity contribution in [3.8, 4) is 0 Å². The highest BCUT2D eigenvalue weighted by molar-refractivity contribution is 5.39. The van der Waals surface area contributed by atoms with Gasteiger partial charge >= 0.3 is 0 Å². The maximum Gasteiger partial charge on any atom is 0.127 e. The molecule has 0 unspecified atom stereocenters. The van der Waals surface area contributed by atoms with Crippen LogP contribution in [0.15, 0.2) is 12.7 Å². The fourth-order valence-corrected chi connectivity index (χ4v) is 1.95. The number of rotatable bonds is 5. The lowest BCUT2D eigenvalue weighted by atomic mass is 9.90. The summed E-state index contributed by atoms with van der Waals surface area (Å²) in [6.07, 6.45) is 4.85. The summed E-state index contributed by atoms with van der Waals surface area (Å²) in [4.78, 5) is 4.69. The van der Waals surface area contributed by atoms with Gasteiger partial charge in [0.1, 0.15) is 11.6 Å². The SMILES string of the molecule is C=CCn1c(CCC)nc(CC(C)(C)C)c1N. The van der Waals surface area contributed by atoms with Crippen LogP contribution in [0.1, 0.15) is 45.6 Å². The van der Waals surface area contributed by atoms with Gasteiger partial charge in [-0.05, 0) is 18.3 Å². The predicted octanol–water partition coefficient (Wildman–Crippen LogP) is 3.19. The summed E-state index contributed by atoms with van der Waals surface area (Å²) in [5, 5.41) is 0. The van der Waals surface area contributed by atoms with Crippen molar-refractivity contribution in [2.24, 2.45) is 5.41 Å². The van der Waals surface area contributed by atoms with E-state index in [4.69, 9.17) is 10.7 Å². The zero-order valence-corrected chi connectivity index (χ0v) is 11.6. The Morgan fingerprint density at radius 2 is 2.06 bits per heavy atom. The first-order chi connectivity index (χ1) is 7.89. The van der Waals surface area contributed by atoms with E-state index in [0.717, 1.165) is 43.1 Å². The van der Waals surface area contributed by atoms with Gasteiger partial charge < -0.3 is 10.3 Å². The first-order valence-corrected chi connectivity index (χ1v) is 6.33. The van der Waals surface area contributed by atoms with Gasteiger partial charge in [0.05, 0.1) is 5.69 Å². The molecule has 3 nitrogen and oxygen atoms in total. The van der Waals surface area contributed by atoms with E-state index in [1.165, 1.54) is 0 Å². The van der Waals surface area contributed by atoms with Crippen molar-refractivity contribution >= 4 is 5.82 Å². The van der Waals surface area contributed by atoms with Gasteiger partial charge in [0.2, 0.25) is 0 Å². The smallest absolute Gasteiger partial charge is 0.127 e. The van der Waals surface area contributed by atoms with Gasteiger partial charge in [-0.2, -0.15) is 0 Å². The molecule has 0 saturated carbocycles. The standard InChI is InChI=1S/C14H25N3/c1-6-8-12-16-11(10-14(3,4)5)13(15)17(12)9-7-2/h7H,2,6,8-10,15H2,1,3-5H3. The van der Waals surface area contributed by atoms with Gasteiger partial charge in [0, 0.05) is 13.0 Å². The highest BCUT2D eigenvalue weighted by Crippen LogP contribution is 2.25. The highest BCUT2D eigenvalue weighted by Gasteiger charge is 2.19. The highest BCUT2D eigenvalue weighted by atomic mass is 15.1. The van der Waals surface area contributed by atoms with Crippen LogP contribution < -0.4 is 5.73 Å². The Labute approximate surface area is 105 Å². The first kappa shape index (κ1) is 13.8. The number of aromatic nitrogens is 2. The summed E-state index contributed by atoms with van der Waals surface area (Å²) in [6, 6.07) is 0. The van der Waals surface area contributed by atoms with Crippen molar-refractivity contribution in [2.45, 2.75) is 53.5 Å². The molecule has 3 heteroatoms. The Hall–Kier alpha value is -1.25. The fourth-order valence-electron chi connectivity index (χ4n) is 1.95. The van der Waals surface area contributed by atoms with Crippen LogP contribution in [0.4, 0.5) is 5.82 Å². The van der Waals surface area contributed by atoms with Crippen LogP contribution in [0.2, 0.25) is 0 Å². The molecule has 96 valence electrons. The van der Waals surface area contributed by atoms with Gasteiger partial charge in [-0.1, -0.05) is 33.8 Å². The van der Waals surface area contributed by atoms with Crippen LogP contribution in [0.5, 0.6) is 0 Å². The van der Waals surface area contributed by atoms with Crippen molar-refractivity contribution in [1.82, 2.24) is 9.55 Å². The maximum absolute atomic E-state index is 6.18. The molecule has 0 saturated heterocycles. The number of anilines is 1. The molecule has 0 aromatic carbocycles. The molecule has 0 aliphatic rings. The summed E-state index contributed by atoms with van der Waals surface area (Å²) in [5.41, 5.74) is 7.42. The van der Waals surface area contributed by atoms with Gasteiger partial charge in [-0.3, -0.25) is 0 Å². The molecule has 0 spiro atoms. The van der Waals surface area contributed by atoms with Gasteiger partial charge in [0.15, 0.2) is 0 Å². The molecule has 0 aliphatic heterocycles. The van der Waals surface area contributed by atoms with Gasteiger partial charge in [0.25, 0.3) is 0 Å². The Morgan fingerprint density at radius 3 is 2.53 bits per heavy atom. The van der Waals surface area contributed by atoms with E-state index in [2.05, 4.69) is 38.8 Å². The quantitative estimate of drug-likeness (QED) is 0.796. The zero-order valence-electron chi connectivity index (χ0n) is 11.6. The van der Waals surface area contributed by atoms with E-state index in [0.29, 0.717) is 0 Å². The Kier molecular flexibility index (Phi) is 4.38. The van der Waals surface area contributed by atoms with Crippen molar-refractivity contribution in [3.05, 3.63) is 24.2 Å². The molecule has 17 heavy (non-hydrogen) atoms. The molecular formula is C14H25N3. The molecule has 1 aromatic rings. The monoisotopic (exact) mass is 235 g/mol. The van der Waals surface area contributed by atoms with Crippen molar-refractivity contribution in [3.63, 3.8) is 0 Å². The fraction of sp³-hybridized carbons (Fsp3) is 0.643. The number of nitrogen functional groups attached to an aromatic ring is 1. The Balaban J connectivity index is 3.07. The minimum atomic E-state index is 0.213. The average Bonchev–Trinajstić information content (AvgIpc) is 2.45. The third kappa shape index (κ3) is 3.62. The van der Waals surface area contributed by atoms with E-state index >= 15 is 0 Å². The minimum absolute atomic E-state index is 0.213. The number of imidazole rings is 1. The lowest BCUT2D eigenvalue weighted by Crippen LogP contribution is -2.11. The molecule has 1 rings (SSSR count). The van der Waals surface area contributed by atoms with Crippen molar-refractivity contribution < 1.29 is 0 Å². The molecule has 2 N–H and O–H groups in total.